The third-order valence-corrected chi connectivity index (χ3v) is 2.89. The number of carbonyl (C=O) groups is 2. The predicted molar refractivity (Wildman–Crippen MR) is 69.1 cm³/mol. The van der Waals surface area contributed by atoms with Crippen LogP contribution >= 0.6 is 0 Å². The van der Waals surface area contributed by atoms with Crippen molar-refractivity contribution in [3.8, 4) is 0 Å². The van der Waals surface area contributed by atoms with E-state index in [0.717, 1.165) is 5.56 Å². The number of rotatable bonds is 3. The van der Waals surface area contributed by atoms with Crippen molar-refractivity contribution in [2.75, 3.05) is 13.3 Å². The number of ether oxygens (including phenoxy) is 2. The van der Waals surface area contributed by atoms with Gasteiger partial charge in [0.15, 0.2) is 12.8 Å². The van der Waals surface area contributed by atoms with Crippen LogP contribution in [0.1, 0.15) is 24.1 Å². The van der Waals surface area contributed by atoms with Gasteiger partial charge in [-0.15, -0.1) is 0 Å². The van der Waals surface area contributed by atoms with E-state index in [4.69, 9.17) is 9.47 Å². The lowest BCUT2D eigenvalue weighted by Crippen LogP contribution is -2.33. The molecule has 100 valence electrons. The predicted octanol–water partition coefficient (Wildman–Crippen LogP) is 2.34. The molecule has 1 saturated heterocycles. The number of esters is 1. The van der Waals surface area contributed by atoms with Crippen LogP contribution in [0.2, 0.25) is 0 Å². The van der Waals surface area contributed by atoms with E-state index in [1.54, 1.807) is 25.1 Å². The number of hydrogen-bond acceptors (Lipinski definition) is 4. The minimum atomic E-state index is -0.770. The van der Waals surface area contributed by atoms with Crippen molar-refractivity contribution in [1.82, 2.24) is 4.90 Å². The Bertz CT molecular complexity index is 512. The van der Waals surface area contributed by atoms with Gasteiger partial charge in [0, 0.05) is 0 Å². The molecule has 1 aliphatic heterocycles. The lowest BCUT2D eigenvalue weighted by atomic mass is 10.00. The largest absolute Gasteiger partial charge is 0.450 e. The number of hydrogen-bond donors (Lipinski definition) is 0. The molecule has 2 rings (SSSR count). The average Bonchev–Trinajstić information content (AvgIpc) is 2.81. The topological polar surface area (TPSA) is 55.8 Å². The third kappa shape index (κ3) is 2.45. The third-order valence-electron chi connectivity index (χ3n) is 2.89. The summed E-state index contributed by atoms with van der Waals surface area (Å²) in [7, 11) is 0. The van der Waals surface area contributed by atoms with Gasteiger partial charge in [0.25, 0.3) is 0 Å². The molecule has 0 bridgehead atoms. The van der Waals surface area contributed by atoms with Gasteiger partial charge in [-0.05, 0) is 18.1 Å². The summed E-state index contributed by atoms with van der Waals surface area (Å²) in [5.74, 6) is -0.456. The summed E-state index contributed by atoms with van der Waals surface area (Å²) in [5.41, 5.74) is 1.48. The first-order valence-electron chi connectivity index (χ1n) is 6.00. The maximum absolute atomic E-state index is 11.9. The highest BCUT2D eigenvalue weighted by Gasteiger charge is 2.40. The molecular formula is C14H15NO4. The van der Waals surface area contributed by atoms with Gasteiger partial charge in [-0.25, -0.2) is 9.59 Å². The highest BCUT2D eigenvalue weighted by molar-refractivity contribution is 5.86. The van der Waals surface area contributed by atoms with E-state index in [9.17, 15) is 9.59 Å². The quantitative estimate of drug-likeness (QED) is 0.784. The van der Waals surface area contributed by atoms with E-state index >= 15 is 0 Å². The normalized spacial score (nSPS) is 18.1. The molecular weight excluding hydrogens is 246 g/mol. The minimum absolute atomic E-state index is 0.0895. The Balaban J connectivity index is 2.36. The summed E-state index contributed by atoms with van der Waals surface area (Å²) in [6.07, 6.45) is 1.08. The summed E-state index contributed by atoms with van der Waals surface area (Å²) in [4.78, 5) is 24.9. The van der Waals surface area contributed by atoms with Gasteiger partial charge in [0.05, 0.1) is 6.61 Å². The second kappa shape index (κ2) is 5.56. The van der Waals surface area contributed by atoms with Crippen LogP contribution in [0.15, 0.2) is 30.8 Å². The SMILES string of the molecule is C=Cc1ccccc1[C@H]1C(=O)OCN1C(=O)OCC. The molecule has 1 aromatic carbocycles. The zero-order valence-corrected chi connectivity index (χ0v) is 10.7. The van der Waals surface area contributed by atoms with E-state index in [0.29, 0.717) is 5.56 Å². The zero-order valence-electron chi connectivity index (χ0n) is 10.7. The molecule has 5 heteroatoms. The Hall–Kier alpha value is -2.30. The Morgan fingerprint density at radius 3 is 3.00 bits per heavy atom. The molecule has 1 aromatic rings. The van der Waals surface area contributed by atoms with Crippen LogP contribution in [-0.4, -0.2) is 30.3 Å². The van der Waals surface area contributed by atoms with Gasteiger partial charge in [0.2, 0.25) is 0 Å². The molecule has 19 heavy (non-hydrogen) atoms. The molecule has 0 N–H and O–H groups in total. The second-order valence-corrected chi connectivity index (χ2v) is 4.00. The maximum atomic E-state index is 11.9. The van der Waals surface area contributed by atoms with Crippen LogP contribution < -0.4 is 0 Å². The molecule has 0 saturated carbocycles. The van der Waals surface area contributed by atoms with E-state index < -0.39 is 18.1 Å². The fourth-order valence-electron chi connectivity index (χ4n) is 2.02. The lowest BCUT2D eigenvalue weighted by molar-refractivity contribution is -0.139. The summed E-state index contributed by atoms with van der Waals surface area (Å²) in [6.45, 7) is 5.58. The standard InChI is InChI=1S/C14H15NO4/c1-3-10-7-5-6-8-11(10)12-13(16)19-9-15(12)14(17)18-4-2/h3,5-8,12H,1,4,9H2,2H3/t12-/m0/s1. The van der Waals surface area contributed by atoms with Crippen molar-refractivity contribution in [2.45, 2.75) is 13.0 Å². The fourth-order valence-corrected chi connectivity index (χ4v) is 2.02. The van der Waals surface area contributed by atoms with Crippen LogP contribution in [0.25, 0.3) is 6.08 Å². The second-order valence-electron chi connectivity index (χ2n) is 4.00. The van der Waals surface area contributed by atoms with Crippen LogP contribution in [0.4, 0.5) is 4.79 Å². The Kier molecular flexibility index (Phi) is 3.85. The lowest BCUT2D eigenvalue weighted by Gasteiger charge is -2.20. The molecule has 1 aliphatic rings. The Morgan fingerprint density at radius 2 is 2.32 bits per heavy atom. The molecule has 0 unspecified atom stereocenters. The smallest absolute Gasteiger partial charge is 0.413 e. The zero-order chi connectivity index (χ0) is 13.8. The number of cyclic esters (lactones) is 1. The summed E-state index contributed by atoms with van der Waals surface area (Å²) < 4.78 is 9.88. The molecule has 0 spiro atoms. The molecule has 0 aliphatic carbocycles. The van der Waals surface area contributed by atoms with Crippen LogP contribution in [0.3, 0.4) is 0 Å². The van der Waals surface area contributed by atoms with Gasteiger partial charge in [0.1, 0.15) is 0 Å². The van der Waals surface area contributed by atoms with Crippen molar-refractivity contribution < 1.29 is 19.1 Å². The average molecular weight is 261 g/mol. The minimum Gasteiger partial charge on any atom is -0.450 e. The number of nitrogens with zero attached hydrogens (tertiary/aromatic N) is 1. The Morgan fingerprint density at radius 1 is 1.58 bits per heavy atom. The molecule has 1 amide bonds. The number of amides is 1. The molecule has 1 heterocycles. The number of carbonyl (C=O) groups excluding carboxylic acids is 2. The van der Waals surface area contributed by atoms with Crippen molar-refractivity contribution >= 4 is 18.1 Å². The van der Waals surface area contributed by atoms with E-state index in [1.165, 1.54) is 4.90 Å². The van der Waals surface area contributed by atoms with E-state index in [-0.39, 0.29) is 13.3 Å². The fraction of sp³-hybridized carbons (Fsp3) is 0.286. The van der Waals surface area contributed by atoms with Gasteiger partial charge in [-0.1, -0.05) is 36.9 Å². The van der Waals surface area contributed by atoms with Crippen LogP contribution in [-0.2, 0) is 14.3 Å². The molecule has 0 radical (unpaired) electrons. The molecule has 5 nitrogen and oxygen atoms in total. The molecule has 1 fully saturated rings. The van der Waals surface area contributed by atoms with Gasteiger partial charge >= 0.3 is 12.1 Å². The highest BCUT2D eigenvalue weighted by Crippen LogP contribution is 2.30. The van der Waals surface area contributed by atoms with Gasteiger partial charge in [-0.2, -0.15) is 0 Å². The molecule has 1 atom stereocenters. The van der Waals surface area contributed by atoms with Crippen molar-refractivity contribution in [2.24, 2.45) is 0 Å². The molecule has 0 aromatic heterocycles. The van der Waals surface area contributed by atoms with Gasteiger partial charge < -0.3 is 9.47 Å². The van der Waals surface area contributed by atoms with E-state index in [2.05, 4.69) is 6.58 Å². The first-order chi connectivity index (χ1) is 9.19. The highest BCUT2D eigenvalue weighted by atomic mass is 16.6. The van der Waals surface area contributed by atoms with Crippen LogP contribution in [0.5, 0.6) is 0 Å². The summed E-state index contributed by atoms with van der Waals surface area (Å²) >= 11 is 0. The summed E-state index contributed by atoms with van der Waals surface area (Å²) in [5, 5.41) is 0. The van der Waals surface area contributed by atoms with Crippen LogP contribution in [0, 0.1) is 0 Å². The summed E-state index contributed by atoms with van der Waals surface area (Å²) in [6, 6.07) is 6.48. The number of benzene rings is 1. The van der Waals surface area contributed by atoms with Crippen molar-refractivity contribution in [3.05, 3.63) is 42.0 Å². The van der Waals surface area contributed by atoms with E-state index in [1.807, 2.05) is 12.1 Å². The monoisotopic (exact) mass is 261 g/mol. The maximum Gasteiger partial charge on any atom is 0.413 e. The first kappa shape index (κ1) is 13.1. The first-order valence-corrected chi connectivity index (χ1v) is 6.00. The van der Waals surface area contributed by atoms with Crippen molar-refractivity contribution in [1.29, 1.82) is 0 Å². The Labute approximate surface area is 111 Å². The van der Waals surface area contributed by atoms with Crippen molar-refractivity contribution in [3.63, 3.8) is 0 Å². The van der Waals surface area contributed by atoms with Gasteiger partial charge in [-0.3, -0.25) is 4.90 Å².